The second kappa shape index (κ2) is 7.38. The zero-order valence-electron chi connectivity index (χ0n) is 12.9. The van der Waals surface area contributed by atoms with Crippen molar-refractivity contribution in [1.29, 1.82) is 0 Å². The Morgan fingerprint density at radius 2 is 2.33 bits per heavy atom. The van der Waals surface area contributed by atoms with Gasteiger partial charge in [0.15, 0.2) is 0 Å². The molecule has 0 saturated carbocycles. The Morgan fingerprint density at radius 1 is 1.57 bits per heavy atom. The van der Waals surface area contributed by atoms with Crippen molar-refractivity contribution < 1.29 is 0 Å². The van der Waals surface area contributed by atoms with Crippen molar-refractivity contribution in [3.8, 4) is 0 Å². The average molecular weight is 358 g/mol. The molecule has 0 aliphatic carbocycles. The first-order valence-electron chi connectivity index (χ1n) is 7.37. The minimum Gasteiger partial charge on any atom is -0.380 e. The third-order valence-corrected chi connectivity index (χ3v) is 4.49. The Bertz CT molecular complexity index is 531. The highest BCUT2D eigenvalue weighted by atomic mass is 79.9. The molecule has 1 aliphatic rings. The second-order valence-electron chi connectivity index (χ2n) is 5.92. The van der Waals surface area contributed by atoms with Crippen molar-refractivity contribution in [3.05, 3.63) is 21.0 Å². The summed E-state index contributed by atoms with van der Waals surface area (Å²) < 4.78 is 2.07. The van der Waals surface area contributed by atoms with Crippen molar-refractivity contribution in [2.75, 3.05) is 32.5 Å². The number of nitrogens with one attached hydrogen (secondary N) is 2. The Kier molecular flexibility index (Phi) is 5.78. The van der Waals surface area contributed by atoms with E-state index in [4.69, 9.17) is 0 Å². The van der Waals surface area contributed by atoms with Crippen LogP contribution in [0.25, 0.3) is 0 Å². The summed E-state index contributed by atoms with van der Waals surface area (Å²) in [5, 5.41) is 11.1. The highest BCUT2D eigenvalue weighted by Gasteiger charge is 2.19. The monoisotopic (exact) mass is 357 g/mol. The highest BCUT2D eigenvalue weighted by molar-refractivity contribution is 9.10. The third-order valence-electron chi connectivity index (χ3n) is 3.73. The van der Waals surface area contributed by atoms with Crippen molar-refractivity contribution in [1.82, 2.24) is 20.0 Å². The number of piperidine rings is 1. The predicted molar refractivity (Wildman–Crippen MR) is 88.9 cm³/mol. The predicted octanol–water partition coefficient (Wildman–Crippen LogP) is 1.12. The van der Waals surface area contributed by atoms with Crippen LogP contribution in [0.2, 0.25) is 0 Å². The molecule has 1 aliphatic heterocycles. The van der Waals surface area contributed by atoms with Gasteiger partial charge in [0, 0.05) is 18.6 Å². The maximum absolute atomic E-state index is 12.3. The number of likely N-dealkylation sites (N-methyl/N-ethyl adjacent to an activating group) is 1. The van der Waals surface area contributed by atoms with Crippen LogP contribution in [0.15, 0.2) is 15.5 Å². The molecule has 1 fully saturated rings. The van der Waals surface area contributed by atoms with E-state index >= 15 is 0 Å². The maximum atomic E-state index is 12.3. The van der Waals surface area contributed by atoms with E-state index in [0.717, 1.165) is 31.6 Å². The van der Waals surface area contributed by atoms with E-state index in [0.29, 0.717) is 23.1 Å². The number of anilines is 1. The van der Waals surface area contributed by atoms with Gasteiger partial charge in [-0.25, -0.2) is 4.68 Å². The normalized spacial score (nSPS) is 22.5. The second-order valence-corrected chi connectivity index (χ2v) is 6.72. The maximum Gasteiger partial charge on any atom is 0.283 e. The average Bonchev–Trinajstić information content (AvgIpc) is 2.43. The Labute approximate surface area is 134 Å². The zero-order valence-corrected chi connectivity index (χ0v) is 14.5. The van der Waals surface area contributed by atoms with Gasteiger partial charge in [-0.05, 0) is 56.3 Å². The van der Waals surface area contributed by atoms with E-state index in [2.05, 4.69) is 38.6 Å². The highest BCUT2D eigenvalue weighted by Crippen LogP contribution is 2.20. The fraction of sp³-hybridized carbons (Fsp3) is 0.714. The van der Waals surface area contributed by atoms with Crippen LogP contribution in [0.1, 0.15) is 19.8 Å². The first kappa shape index (κ1) is 16.5. The van der Waals surface area contributed by atoms with Gasteiger partial charge in [0.1, 0.15) is 4.47 Å². The molecule has 21 heavy (non-hydrogen) atoms. The number of halogens is 1. The lowest BCUT2D eigenvalue weighted by Gasteiger charge is -2.29. The number of rotatable bonds is 5. The SMILES string of the molecule is CC1CC(Nc2cnn(CCN(C)C)c(=O)c2Br)CCN1. The summed E-state index contributed by atoms with van der Waals surface area (Å²) >= 11 is 3.41. The minimum absolute atomic E-state index is 0.0798. The summed E-state index contributed by atoms with van der Waals surface area (Å²) in [4.78, 5) is 14.3. The summed E-state index contributed by atoms with van der Waals surface area (Å²) in [6.45, 7) is 4.57. The largest absolute Gasteiger partial charge is 0.380 e. The van der Waals surface area contributed by atoms with E-state index in [9.17, 15) is 4.79 Å². The molecule has 0 radical (unpaired) electrons. The molecule has 6 nitrogen and oxygen atoms in total. The van der Waals surface area contributed by atoms with Crippen LogP contribution in [-0.2, 0) is 6.54 Å². The van der Waals surface area contributed by atoms with Crippen molar-refractivity contribution in [3.63, 3.8) is 0 Å². The molecule has 7 heteroatoms. The van der Waals surface area contributed by atoms with Crippen molar-refractivity contribution >= 4 is 21.6 Å². The molecule has 1 aromatic rings. The molecule has 2 atom stereocenters. The first-order chi connectivity index (χ1) is 9.97. The molecule has 0 spiro atoms. The number of hydrogen-bond donors (Lipinski definition) is 2. The van der Waals surface area contributed by atoms with Crippen molar-refractivity contribution in [2.24, 2.45) is 0 Å². The molecular weight excluding hydrogens is 334 g/mol. The molecule has 0 amide bonds. The molecular formula is C14H24BrN5O. The summed E-state index contributed by atoms with van der Waals surface area (Å²) in [5.74, 6) is 0. The van der Waals surface area contributed by atoms with Gasteiger partial charge >= 0.3 is 0 Å². The number of aromatic nitrogens is 2. The summed E-state index contributed by atoms with van der Waals surface area (Å²) in [6.07, 6.45) is 3.85. The quantitative estimate of drug-likeness (QED) is 0.826. The topological polar surface area (TPSA) is 62.2 Å². The molecule has 0 aromatic carbocycles. The Hall–Kier alpha value is -0.920. The zero-order chi connectivity index (χ0) is 15.4. The Morgan fingerprint density at radius 3 is 3.00 bits per heavy atom. The van der Waals surface area contributed by atoms with Gasteiger partial charge in [-0.1, -0.05) is 0 Å². The molecule has 118 valence electrons. The summed E-state index contributed by atoms with van der Waals surface area (Å²) in [7, 11) is 3.96. The molecule has 2 rings (SSSR count). The molecule has 1 saturated heterocycles. The van der Waals surface area contributed by atoms with Gasteiger partial charge in [0.25, 0.3) is 5.56 Å². The Balaban J connectivity index is 2.07. The molecule has 0 bridgehead atoms. The third kappa shape index (κ3) is 4.52. The van der Waals surface area contributed by atoms with Crippen LogP contribution in [-0.4, -0.2) is 53.9 Å². The molecule has 1 aromatic heterocycles. The molecule has 2 heterocycles. The van der Waals surface area contributed by atoms with Crippen LogP contribution in [0.5, 0.6) is 0 Å². The van der Waals surface area contributed by atoms with Crippen LogP contribution < -0.4 is 16.2 Å². The van der Waals surface area contributed by atoms with Crippen LogP contribution in [0.4, 0.5) is 5.69 Å². The first-order valence-corrected chi connectivity index (χ1v) is 8.17. The van der Waals surface area contributed by atoms with Gasteiger partial charge in [-0.2, -0.15) is 5.10 Å². The van der Waals surface area contributed by atoms with Gasteiger partial charge in [-0.3, -0.25) is 4.79 Å². The fourth-order valence-electron chi connectivity index (χ4n) is 2.50. The van der Waals surface area contributed by atoms with Crippen LogP contribution in [0.3, 0.4) is 0 Å². The smallest absolute Gasteiger partial charge is 0.283 e. The van der Waals surface area contributed by atoms with Gasteiger partial charge in [0.2, 0.25) is 0 Å². The van der Waals surface area contributed by atoms with Gasteiger partial charge in [-0.15, -0.1) is 0 Å². The van der Waals surface area contributed by atoms with Gasteiger partial charge in [0.05, 0.1) is 18.4 Å². The van der Waals surface area contributed by atoms with E-state index in [-0.39, 0.29) is 5.56 Å². The van der Waals surface area contributed by atoms with Crippen LogP contribution in [0, 0.1) is 0 Å². The lowest BCUT2D eigenvalue weighted by Crippen LogP contribution is -2.41. The molecule has 2 N–H and O–H groups in total. The van der Waals surface area contributed by atoms with E-state index in [1.165, 1.54) is 4.68 Å². The fourth-order valence-corrected chi connectivity index (χ4v) is 2.92. The van der Waals surface area contributed by atoms with Crippen molar-refractivity contribution in [2.45, 2.75) is 38.4 Å². The lowest BCUT2D eigenvalue weighted by atomic mass is 10.0. The van der Waals surface area contributed by atoms with E-state index in [1.807, 2.05) is 19.0 Å². The lowest BCUT2D eigenvalue weighted by molar-refractivity contribution is 0.367. The van der Waals surface area contributed by atoms with E-state index in [1.54, 1.807) is 6.20 Å². The summed E-state index contributed by atoms with van der Waals surface area (Å²) in [6, 6.07) is 0.889. The standard InChI is InChI=1S/C14H24BrN5O/c1-10-8-11(4-5-16-10)18-12-9-17-20(7-6-19(2)3)14(21)13(12)15/h9-11,16,18H,4-8H2,1-3H3. The summed E-state index contributed by atoms with van der Waals surface area (Å²) in [5.41, 5.74) is 0.712. The molecule has 2 unspecified atom stereocenters. The number of nitrogens with zero attached hydrogens (tertiary/aromatic N) is 3. The van der Waals surface area contributed by atoms with E-state index < -0.39 is 0 Å². The number of hydrogen-bond acceptors (Lipinski definition) is 5. The van der Waals surface area contributed by atoms with Gasteiger partial charge < -0.3 is 15.5 Å². The minimum atomic E-state index is -0.0798. The van der Waals surface area contributed by atoms with Crippen LogP contribution >= 0.6 is 15.9 Å².